The van der Waals surface area contributed by atoms with E-state index in [2.05, 4.69) is 54.5 Å². The van der Waals surface area contributed by atoms with Crippen LogP contribution in [-0.4, -0.2) is 67.8 Å². The van der Waals surface area contributed by atoms with Crippen molar-refractivity contribution in [3.8, 4) is 22.6 Å². The van der Waals surface area contributed by atoms with E-state index in [0.29, 0.717) is 17.0 Å². The van der Waals surface area contributed by atoms with E-state index in [-0.39, 0.29) is 18.0 Å². The van der Waals surface area contributed by atoms with E-state index in [0.717, 1.165) is 54.2 Å². The lowest BCUT2D eigenvalue weighted by molar-refractivity contribution is 0.313. The first-order chi connectivity index (χ1) is 22.5. The molecule has 1 fully saturated rings. The van der Waals surface area contributed by atoms with Gasteiger partial charge in [0, 0.05) is 72.7 Å². The number of para-hydroxylation sites is 1. The smallest absolute Gasteiger partial charge is 0.295 e. The lowest BCUT2D eigenvalue weighted by atomic mass is 10.0. The Kier molecular flexibility index (Phi) is 8.00. The number of hydrogen-bond donors (Lipinski definition) is 1. The number of benzene rings is 2. The second-order valence-electron chi connectivity index (χ2n) is 11.0. The fraction of sp³-hybridized carbons (Fsp3) is 0.176. The fourth-order valence-corrected chi connectivity index (χ4v) is 5.44. The summed E-state index contributed by atoms with van der Waals surface area (Å²) in [6.45, 7) is 4.10. The highest BCUT2D eigenvalue weighted by Gasteiger charge is 2.18. The van der Waals surface area contributed by atoms with Crippen molar-refractivity contribution in [2.45, 2.75) is 6.54 Å². The number of nitrogens with zero attached hydrogens (tertiary/aromatic N) is 8. The zero-order valence-corrected chi connectivity index (χ0v) is 25.0. The van der Waals surface area contributed by atoms with E-state index in [9.17, 15) is 9.18 Å². The van der Waals surface area contributed by atoms with Gasteiger partial charge in [-0.1, -0.05) is 12.1 Å². The molecule has 0 atom stereocenters. The van der Waals surface area contributed by atoms with Gasteiger partial charge in [0.15, 0.2) is 17.3 Å². The number of hydrogen-bond acceptors (Lipinski definition) is 10. The maximum absolute atomic E-state index is 14.5. The lowest BCUT2D eigenvalue weighted by Gasteiger charge is -2.34. The first-order valence-electron chi connectivity index (χ1n) is 14.9. The molecule has 230 valence electrons. The van der Waals surface area contributed by atoms with Crippen LogP contribution in [0.2, 0.25) is 0 Å². The fourth-order valence-electron chi connectivity index (χ4n) is 5.44. The number of rotatable bonds is 8. The second-order valence-corrected chi connectivity index (χ2v) is 11.0. The summed E-state index contributed by atoms with van der Waals surface area (Å²) in [6, 6.07) is 19.3. The number of fused-ring (bicyclic) bond motifs is 1. The molecule has 0 radical (unpaired) electrons. The highest BCUT2D eigenvalue weighted by molar-refractivity contribution is 5.78. The largest absolute Gasteiger partial charge is 0.448 e. The predicted molar refractivity (Wildman–Crippen MR) is 174 cm³/mol. The average Bonchev–Trinajstić information content (AvgIpc) is 3.09. The van der Waals surface area contributed by atoms with Gasteiger partial charge in [-0.25, -0.2) is 9.37 Å². The number of anilines is 3. The highest BCUT2D eigenvalue weighted by Crippen LogP contribution is 2.28. The molecule has 12 heteroatoms. The summed E-state index contributed by atoms with van der Waals surface area (Å²) in [5.74, 6) is -0.388. The molecule has 1 N–H and O–H groups in total. The van der Waals surface area contributed by atoms with Crippen molar-refractivity contribution >= 4 is 28.4 Å². The molecule has 1 aliphatic heterocycles. The lowest BCUT2D eigenvalue weighted by Crippen LogP contribution is -2.44. The van der Waals surface area contributed by atoms with Gasteiger partial charge in [-0.15, -0.1) is 0 Å². The molecule has 2 aromatic carbocycles. The molecule has 4 aromatic heterocycles. The number of piperazine rings is 1. The van der Waals surface area contributed by atoms with Crippen LogP contribution in [0, 0.1) is 5.82 Å². The van der Waals surface area contributed by atoms with Crippen molar-refractivity contribution < 1.29 is 9.13 Å². The number of pyridine rings is 2. The Morgan fingerprint density at radius 2 is 1.65 bits per heavy atom. The molecular weight excluding hydrogens is 585 g/mol. The van der Waals surface area contributed by atoms with Gasteiger partial charge in [-0.3, -0.25) is 14.3 Å². The molecule has 0 aliphatic carbocycles. The van der Waals surface area contributed by atoms with Gasteiger partial charge in [-0.2, -0.15) is 15.2 Å². The summed E-state index contributed by atoms with van der Waals surface area (Å²) in [5, 5.41) is 12.0. The SMILES string of the molecule is CN1CCN(c2ccc(Nc3ncc4cc(Oc5ccccc5F)c(=O)n(Cc5cnncc5-c5ccncc5)c4n3)cc2)CC1. The van der Waals surface area contributed by atoms with E-state index >= 15 is 0 Å². The Balaban J connectivity index is 1.26. The first-order valence-corrected chi connectivity index (χ1v) is 14.9. The van der Waals surface area contributed by atoms with Crippen LogP contribution in [0.4, 0.5) is 21.7 Å². The maximum atomic E-state index is 14.5. The Labute approximate surface area is 264 Å². The molecule has 1 aliphatic rings. The third-order valence-corrected chi connectivity index (χ3v) is 7.98. The monoisotopic (exact) mass is 615 g/mol. The molecule has 46 heavy (non-hydrogen) atoms. The van der Waals surface area contributed by atoms with E-state index in [1.54, 1.807) is 43.1 Å². The minimum Gasteiger partial charge on any atom is -0.448 e. The summed E-state index contributed by atoms with van der Waals surface area (Å²) >= 11 is 0. The van der Waals surface area contributed by atoms with Crippen LogP contribution in [0.1, 0.15) is 5.56 Å². The Morgan fingerprint density at radius 1 is 0.891 bits per heavy atom. The zero-order chi connectivity index (χ0) is 31.5. The van der Waals surface area contributed by atoms with Gasteiger partial charge in [0.2, 0.25) is 5.95 Å². The van der Waals surface area contributed by atoms with Crippen LogP contribution in [0.25, 0.3) is 22.2 Å². The number of halogens is 1. The summed E-state index contributed by atoms with van der Waals surface area (Å²) in [7, 11) is 2.14. The zero-order valence-electron chi connectivity index (χ0n) is 25.0. The average molecular weight is 616 g/mol. The van der Waals surface area contributed by atoms with Crippen molar-refractivity contribution in [1.29, 1.82) is 0 Å². The molecular formula is C34H30FN9O2. The number of aromatic nitrogens is 6. The number of nitrogens with one attached hydrogen (secondary N) is 1. The molecule has 6 aromatic rings. The molecule has 11 nitrogen and oxygen atoms in total. The first kappa shape index (κ1) is 29.0. The summed E-state index contributed by atoms with van der Waals surface area (Å²) in [5.41, 5.74) is 4.22. The standard InChI is InChI=1S/C34H30FN9O2/c1-42-14-16-43(17-15-42)27-8-6-26(7-9-27)40-34-37-19-24-18-31(46-30-5-3-2-4-29(30)35)33(45)44(32(24)41-34)22-25-20-38-39-21-28(25)23-10-12-36-13-11-23/h2-13,18-21H,14-17,22H2,1H3,(H,37,40,41). The molecule has 0 amide bonds. The Bertz CT molecular complexity index is 2050. The van der Waals surface area contributed by atoms with Crippen LogP contribution in [0.15, 0.2) is 103 Å². The van der Waals surface area contributed by atoms with Crippen LogP contribution in [0.5, 0.6) is 11.5 Å². The van der Waals surface area contributed by atoms with Crippen molar-refractivity contribution in [3.63, 3.8) is 0 Å². The number of likely N-dealkylation sites (N-methyl/N-ethyl adjacent to an activating group) is 1. The number of ether oxygens (including phenoxy) is 1. The van der Waals surface area contributed by atoms with E-state index in [4.69, 9.17) is 9.72 Å². The van der Waals surface area contributed by atoms with Crippen LogP contribution in [0.3, 0.4) is 0 Å². The Hall–Kier alpha value is -5.75. The third-order valence-electron chi connectivity index (χ3n) is 7.98. The summed E-state index contributed by atoms with van der Waals surface area (Å²) in [4.78, 5) is 32.1. The van der Waals surface area contributed by atoms with Gasteiger partial charge < -0.3 is 19.9 Å². The second kappa shape index (κ2) is 12.7. The minimum atomic E-state index is -0.582. The maximum Gasteiger partial charge on any atom is 0.295 e. The minimum absolute atomic E-state index is 0.0612. The summed E-state index contributed by atoms with van der Waals surface area (Å²) in [6.07, 6.45) is 8.24. The molecule has 0 spiro atoms. The van der Waals surface area contributed by atoms with E-state index in [1.807, 2.05) is 24.3 Å². The predicted octanol–water partition coefficient (Wildman–Crippen LogP) is 5.12. The van der Waals surface area contributed by atoms with Crippen molar-refractivity contribution in [3.05, 3.63) is 119 Å². The molecule has 1 saturated heterocycles. The summed E-state index contributed by atoms with van der Waals surface area (Å²) < 4.78 is 21.8. The Morgan fingerprint density at radius 3 is 2.43 bits per heavy atom. The van der Waals surface area contributed by atoms with Crippen LogP contribution < -0.4 is 20.5 Å². The van der Waals surface area contributed by atoms with E-state index < -0.39 is 11.4 Å². The van der Waals surface area contributed by atoms with Gasteiger partial charge >= 0.3 is 0 Å². The molecule has 0 bridgehead atoms. The highest BCUT2D eigenvalue weighted by atomic mass is 19.1. The van der Waals surface area contributed by atoms with Gasteiger partial charge in [0.05, 0.1) is 18.9 Å². The molecule has 5 heterocycles. The van der Waals surface area contributed by atoms with E-state index in [1.165, 1.54) is 22.8 Å². The molecule has 0 saturated carbocycles. The van der Waals surface area contributed by atoms with Gasteiger partial charge in [0.1, 0.15) is 5.65 Å². The van der Waals surface area contributed by atoms with Crippen LogP contribution >= 0.6 is 0 Å². The quantitative estimate of drug-likeness (QED) is 0.248. The topological polar surface area (TPSA) is 114 Å². The molecule has 7 rings (SSSR count). The third kappa shape index (κ3) is 6.10. The molecule has 0 unspecified atom stereocenters. The van der Waals surface area contributed by atoms with Crippen molar-refractivity contribution in [2.24, 2.45) is 0 Å². The van der Waals surface area contributed by atoms with Crippen LogP contribution in [-0.2, 0) is 6.54 Å². The van der Waals surface area contributed by atoms with Gasteiger partial charge in [-0.05, 0) is 67.2 Å². The van der Waals surface area contributed by atoms with Crippen molar-refractivity contribution in [1.82, 2.24) is 34.6 Å². The van der Waals surface area contributed by atoms with Gasteiger partial charge in [0.25, 0.3) is 5.56 Å². The van der Waals surface area contributed by atoms with Crippen molar-refractivity contribution in [2.75, 3.05) is 43.4 Å². The normalized spacial score (nSPS) is 13.6.